The molecule has 0 fully saturated rings. The number of rotatable bonds is 4. The van der Waals surface area contributed by atoms with Crippen LogP contribution in [-0.2, 0) is 6.42 Å². The fourth-order valence-electron chi connectivity index (χ4n) is 1.67. The van der Waals surface area contributed by atoms with Crippen molar-refractivity contribution in [3.05, 3.63) is 51.2 Å². The minimum atomic E-state index is -0.232. The zero-order valence-corrected chi connectivity index (χ0v) is 10.9. The van der Waals surface area contributed by atoms with Crippen LogP contribution in [0.15, 0.2) is 29.1 Å². The molecule has 1 N–H and O–H groups in total. The first-order chi connectivity index (χ1) is 8.20. The second kappa shape index (κ2) is 5.58. The first-order valence-corrected chi connectivity index (χ1v) is 6.52. The number of aromatic nitrogens is 1. The van der Waals surface area contributed by atoms with Crippen LogP contribution in [0.2, 0.25) is 5.02 Å². The van der Waals surface area contributed by atoms with Crippen LogP contribution in [0.5, 0.6) is 0 Å². The summed E-state index contributed by atoms with van der Waals surface area (Å²) in [5.74, 6) is -0.232. The van der Waals surface area contributed by atoms with Crippen molar-refractivity contribution in [3.8, 4) is 0 Å². The summed E-state index contributed by atoms with van der Waals surface area (Å²) in [4.78, 5) is 4.24. The van der Waals surface area contributed by atoms with Gasteiger partial charge in [0.2, 0.25) is 0 Å². The van der Waals surface area contributed by atoms with Crippen molar-refractivity contribution in [1.29, 1.82) is 0 Å². The lowest BCUT2D eigenvalue weighted by atomic mass is 10.0. The SMILES string of the molecule is CNC(Cc1cc(Cl)ccc1F)c1cscn1. The number of halogens is 2. The van der Waals surface area contributed by atoms with Crippen molar-refractivity contribution in [3.63, 3.8) is 0 Å². The number of hydrogen-bond donors (Lipinski definition) is 1. The van der Waals surface area contributed by atoms with Crippen molar-refractivity contribution in [2.45, 2.75) is 12.5 Å². The molecule has 2 aromatic rings. The van der Waals surface area contributed by atoms with Crippen molar-refractivity contribution in [1.82, 2.24) is 10.3 Å². The van der Waals surface area contributed by atoms with E-state index in [0.29, 0.717) is 17.0 Å². The van der Waals surface area contributed by atoms with Crippen molar-refractivity contribution in [2.75, 3.05) is 7.05 Å². The molecule has 0 aliphatic rings. The third kappa shape index (κ3) is 3.03. The zero-order chi connectivity index (χ0) is 12.3. The molecular formula is C12H12ClFN2S. The van der Waals surface area contributed by atoms with Gasteiger partial charge < -0.3 is 5.32 Å². The van der Waals surface area contributed by atoms with Gasteiger partial charge in [0.05, 0.1) is 17.2 Å². The Morgan fingerprint density at radius 1 is 1.53 bits per heavy atom. The second-order valence-electron chi connectivity index (χ2n) is 3.69. The van der Waals surface area contributed by atoms with Gasteiger partial charge >= 0.3 is 0 Å². The van der Waals surface area contributed by atoms with E-state index in [4.69, 9.17) is 11.6 Å². The van der Waals surface area contributed by atoms with E-state index in [1.165, 1.54) is 17.4 Å². The monoisotopic (exact) mass is 270 g/mol. The molecule has 0 saturated heterocycles. The van der Waals surface area contributed by atoms with Gasteiger partial charge in [0.25, 0.3) is 0 Å². The quantitative estimate of drug-likeness (QED) is 0.921. The zero-order valence-electron chi connectivity index (χ0n) is 9.28. The maximum absolute atomic E-state index is 13.6. The average Bonchev–Trinajstić information content (AvgIpc) is 2.84. The second-order valence-corrected chi connectivity index (χ2v) is 4.85. The molecular weight excluding hydrogens is 259 g/mol. The predicted molar refractivity (Wildman–Crippen MR) is 69.0 cm³/mol. The Morgan fingerprint density at radius 3 is 3.00 bits per heavy atom. The summed E-state index contributed by atoms with van der Waals surface area (Å²) in [7, 11) is 1.84. The molecule has 1 aromatic carbocycles. The molecule has 0 amide bonds. The molecule has 1 atom stereocenters. The van der Waals surface area contributed by atoms with Gasteiger partial charge in [-0.25, -0.2) is 9.37 Å². The van der Waals surface area contributed by atoms with Crippen LogP contribution in [0.4, 0.5) is 4.39 Å². The topological polar surface area (TPSA) is 24.9 Å². The van der Waals surface area contributed by atoms with Crippen molar-refractivity contribution >= 4 is 22.9 Å². The Morgan fingerprint density at radius 2 is 2.35 bits per heavy atom. The highest BCUT2D eigenvalue weighted by Crippen LogP contribution is 2.22. The number of thiazole rings is 1. The average molecular weight is 271 g/mol. The largest absolute Gasteiger partial charge is 0.311 e. The summed E-state index contributed by atoms with van der Waals surface area (Å²) in [6.45, 7) is 0. The van der Waals surface area contributed by atoms with Gasteiger partial charge in [-0.05, 0) is 37.2 Å². The minimum Gasteiger partial charge on any atom is -0.311 e. The van der Waals surface area contributed by atoms with Crippen LogP contribution in [0.3, 0.4) is 0 Å². The highest BCUT2D eigenvalue weighted by molar-refractivity contribution is 7.07. The predicted octanol–water partition coefficient (Wildman–Crippen LogP) is 3.44. The fraction of sp³-hybridized carbons (Fsp3) is 0.250. The summed E-state index contributed by atoms with van der Waals surface area (Å²) in [5, 5.41) is 5.65. The number of nitrogens with zero attached hydrogens (tertiary/aromatic N) is 1. The maximum atomic E-state index is 13.6. The van der Waals surface area contributed by atoms with E-state index >= 15 is 0 Å². The molecule has 0 aliphatic heterocycles. The Balaban J connectivity index is 2.21. The van der Waals surface area contributed by atoms with E-state index < -0.39 is 0 Å². The first-order valence-electron chi connectivity index (χ1n) is 5.20. The van der Waals surface area contributed by atoms with Gasteiger partial charge in [-0.3, -0.25) is 0 Å². The highest BCUT2D eigenvalue weighted by Gasteiger charge is 2.14. The third-order valence-electron chi connectivity index (χ3n) is 2.59. The van der Waals surface area contributed by atoms with Crippen molar-refractivity contribution in [2.24, 2.45) is 0 Å². The van der Waals surface area contributed by atoms with Gasteiger partial charge in [0.15, 0.2) is 0 Å². The lowest BCUT2D eigenvalue weighted by Crippen LogP contribution is -2.19. The lowest BCUT2D eigenvalue weighted by molar-refractivity contribution is 0.547. The Hall–Kier alpha value is -0.970. The van der Waals surface area contributed by atoms with E-state index in [1.807, 2.05) is 12.4 Å². The standard InChI is InChI=1S/C12H12ClFN2S/c1-15-11(12-6-17-7-16-12)5-8-4-9(13)2-3-10(8)14/h2-4,6-7,11,15H,5H2,1H3. The molecule has 0 saturated carbocycles. The van der Waals surface area contributed by atoms with E-state index in [2.05, 4.69) is 10.3 Å². The molecule has 0 aliphatic carbocycles. The summed E-state index contributed by atoms with van der Waals surface area (Å²) < 4.78 is 13.6. The van der Waals surface area contributed by atoms with Crippen LogP contribution in [0.1, 0.15) is 17.3 Å². The molecule has 0 bridgehead atoms. The van der Waals surface area contributed by atoms with Gasteiger partial charge in [-0.2, -0.15) is 0 Å². The normalized spacial score (nSPS) is 12.6. The summed E-state index contributed by atoms with van der Waals surface area (Å²) in [6, 6.07) is 4.62. The summed E-state index contributed by atoms with van der Waals surface area (Å²) in [6.07, 6.45) is 0.534. The molecule has 1 aromatic heterocycles. The molecule has 17 heavy (non-hydrogen) atoms. The van der Waals surface area contributed by atoms with Gasteiger partial charge in [-0.15, -0.1) is 11.3 Å². The Labute approximate surface area is 108 Å². The van der Waals surface area contributed by atoms with E-state index in [-0.39, 0.29) is 11.9 Å². The summed E-state index contributed by atoms with van der Waals surface area (Å²) in [5.41, 5.74) is 3.30. The van der Waals surface area contributed by atoms with Crippen LogP contribution in [-0.4, -0.2) is 12.0 Å². The lowest BCUT2D eigenvalue weighted by Gasteiger charge is -2.14. The number of nitrogens with one attached hydrogen (secondary N) is 1. The van der Waals surface area contributed by atoms with Gasteiger partial charge in [0, 0.05) is 10.4 Å². The molecule has 0 radical (unpaired) electrons. The molecule has 2 rings (SSSR count). The molecule has 0 spiro atoms. The van der Waals surface area contributed by atoms with Gasteiger partial charge in [-0.1, -0.05) is 11.6 Å². The van der Waals surface area contributed by atoms with Crippen LogP contribution in [0, 0.1) is 5.82 Å². The van der Waals surface area contributed by atoms with E-state index in [1.54, 1.807) is 17.6 Å². The smallest absolute Gasteiger partial charge is 0.126 e. The van der Waals surface area contributed by atoms with E-state index in [0.717, 1.165) is 5.69 Å². The summed E-state index contributed by atoms with van der Waals surface area (Å²) >= 11 is 7.40. The Bertz CT molecular complexity index is 487. The molecule has 5 heteroatoms. The van der Waals surface area contributed by atoms with Crippen LogP contribution >= 0.6 is 22.9 Å². The number of benzene rings is 1. The fourth-order valence-corrected chi connectivity index (χ4v) is 2.47. The molecule has 2 nitrogen and oxygen atoms in total. The number of likely N-dealkylation sites (N-methyl/N-ethyl adjacent to an activating group) is 1. The third-order valence-corrected chi connectivity index (χ3v) is 3.43. The first kappa shape index (κ1) is 12.5. The van der Waals surface area contributed by atoms with Crippen LogP contribution < -0.4 is 5.32 Å². The molecule has 1 heterocycles. The minimum absolute atomic E-state index is 0.00853. The highest BCUT2D eigenvalue weighted by atomic mass is 35.5. The van der Waals surface area contributed by atoms with E-state index in [9.17, 15) is 4.39 Å². The molecule has 1 unspecified atom stereocenters. The Kier molecular flexibility index (Phi) is 4.10. The molecule has 90 valence electrons. The van der Waals surface area contributed by atoms with Crippen molar-refractivity contribution < 1.29 is 4.39 Å². The number of hydrogen-bond acceptors (Lipinski definition) is 3. The van der Waals surface area contributed by atoms with Gasteiger partial charge in [0.1, 0.15) is 5.82 Å². The van der Waals surface area contributed by atoms with Crippen LogP contribution in [0.25, 0.3) is 0 Å². The maximum Gasteiger partial charge on any atom is 0.126 e.